The van der Waals surface area contributed by atoms with E-state index in [4.69, 9.17) is 16.3 Å². The summed E-state index contributed by atoms with van der Waals surface area (Å²) in [4.78, 5) is 17.8. The summed E-state index contributed by atoms with van der Waals surface area (Å²) >= 11 is 6.10. The second-order valence-electron chi connectivity index (χ2n) is 8.32. The van der Waals surface area contributed by atoms with Crippen LogP contribution in [0.5, 0.6) is 0 Å². The number of nitrogens with zero attached hydrogens (tertiary/aromatic N) is 3. The first kappa shape index (κ1) is 21.2. The van der Waals surface area contributed by atoms with E-state index in [1.165, 1.54) is 5.56 Å². The first-order valence-corrected chi connectivity index (χ1v) is 11.6. The molecule has 1 N–H and O–H groups in total. The van der Waals surface area contributed by atoms with E-state index in [2.05, 4.69) is 46.3 Å². The van der Waals surface area contributed by atoms with E-state index < -0.39 is 0 Å². The van der Waals surface area contributed by atoms with Crippen molar-refractivity contribution < 1.29 is 9.53 Å². The van der Waals surface area contributed by atoms with Gasteiger partial charge in [0.25, 0.3) is 5.91 Å². The largest absolute Gasteiger partial charge is 0.379 e. The topological polar surface area (TPSA) is 61.5 Å². The van der Waals surface area contributed by atoms with Crippen molar-refractivity contribution in [2.24, 2.45) is 0 Å². The molecule has 1 fully saturated rings. The number of aromatic nitrogens is 2. The molecule has 32 heavy (non-hydrogen) atoms. The molecule has 3 aromatic rings. The first-order valence-electron chi connectivity index (χ1n) is 11.2. The Morgan fingerprint density at radius 2 is 1.78 bits per heavy atom. The molecule has 0 saturated carbocycles. The van der Waals surface area contributed by atoms with Gasteiger partial charge in [-0.05, 0) is 29.7 Å². The number of carbonyl (C=O) groups is 1. The summed E-state index contributed by atoms with van der Waals surface area (Å²) in [6.45, 7) is 6.93. The number of rotatable bonds is 6. The van der Waals surface area contributed by atoms with Crippen molar-refractivity contribution in [3.05, 3.63) is 75.9 Å². The normalized spacial score (nSPS) is 18.9. The smallest absolute Gasteiger partial charge is 0.273 e. The van der Waals surface area contributed by atoms with Crippen LogP contribution in [0.3, 0.4) is 0 Å². The van der Waals surface area contributed by atoms with Crippen molar-refractivity contribution in [1.82, 2.24) is 20.0 Å². The molecule has 166 valence electrons. The lowest BCUT2D eigenvalue weighted by Gasteiger charge is -2.31. The molecule has 2 aromatic carbocycles. The van der Waals surface area contributed by atoms with Crippen LogP contribution in [0.15, 0.2) is 48.5 Å². The molecule has 1 aromatic heterocycles. The van der Waals surface area contributed by atoms with Crippen LogP contribution in [0.25, 0.3) is 11.3 Å². The van der Waals surface area contributed by atoms with E-state index in [1.807, 2.05) is 29.2 Å². The molecule has 7 heteroatoms. The quantitative estimate of drug-likeness (QED) is 0.612. The number of H-pyrrole nitrogens is 1. The number of aromatic amines is 1. The van der Waals surface area contributed by atoms with E-state index in [-0.39, 0.29) is 11.9 Å². The molecule has 0 aliphatic carbocycles. The summed E-state index contributed by atoms with van der Waals surface area (Å²) in [6, 6.07) is 16.0. The summed E-state index contributed by atoms with van der Waals surface area (Å²) in [5, 5.41) is 8.25. The summed E-state index contributed by atoms with van der Waals surface area (Å²) in [5.41, 5.74) is 5.68. The molecular formula is C25H27ClN4O2. The number of fused-ring (bicyclic) bond motifs is 1. The Kier molecular flexibility index (Phi) is 6.00. The van der Waals surface area contributed by atoms with Gasteiger partial charge in [0.15, 0.2) is 0 Å². The van der Waals surface area contributed by atoms with Gasteiger partial charge in [-0.2, -0.15) is 5.10 Å². The summed E-state index contributed by atoms with van der Waals surface area (Å²) in [7, 11) is 0. The maximum atomic E-state index is 13.5. The van der Waals surface area contributed by atoms with Crippen LogP contribution in [0.1, 0.15) is 40.1 Å². The number of nitrogens with one attached hydrogen (secondary N) is 1. The van der Waals surface area contributed by atoms with Gasteiger partial charge in [0.1, 0.15) is 5.69 Å². The molecule has 1 amide bonds. The molecule has 5 rings (SSSR count). The van der Waals surface area contributed by atoms with Crippen molar-refractivity contribution in [3.8, 4) is 11.3 Å². The van der Waals surface area contributed by atoms with E-state index in [9.17, 15) is 4.79 Å². The molecule has 1 saturated heterocycles. The Morgan fingerprint density at radius 3 is 2.47 bits per heavy atom. The highest BCUT2D eigenvalue weighted by molar-refractivity contribution is 6.30. The second kappa shape index (κ2) is 9.06. The van der Waals surface area contributed by atoms with E-state index in [1.54, 1.807) is 0 Å². The minimum atomic E-state index is -0.172. The zero-order valence-electron chi connectivity index (χ0n) is 18.2. The van der Waals surface area contributed by atoms with Gasteiger partial charge in [-0.3, -0.25) is 14.8 Å². The van der Waals surface area contributed by atoms with E-state index in [0.29, 0.717) is 17.3 Å². The number of ether oxygens (including phenoxy) is 1. The molecule has 0 spiro atoms. The monoisotopic (exact) mass is 450 g/mol. The average molecular weight is 451 g/mol. The van der Waals surface area contributed by atoms with Gasteiger partial charge < -0.3 is 9.64 Å². The zero-order valence-corrected chi connectivity index (χ0v) is 18.9. The SMILES string of the molecule is CCc1ccc(C2c3c(-c4ccc(Cl)cc4)n[nH]c3C(=O)N2CCN2CCOCC2)cc1. The average Bonchev–Trinajstić information content (AvgIpc) is 3.38. The Balaban J connectivity index is 1.52. The van der Waals surface area contributed by atoms with Gasteiger partial charge in [-0.25, -0.2) is 0 Å². The number of amides is 1. The fourth-order valence-corrected chi connectivity index (χ4v) is 4.74. The highest BCUT2D eigenvalue weighted by atomic mass is 35.5. The molecule has 0 bridgehead atoms. The number of carbonyl (C=O) groups excluding carboxylic acids is 1. The molecule has 2 aliphatic rings. The van der Waals surface area contributed by atoms with Crippen LogP contribution in [-0.4, -0.2) is 65.3 Å². The fraction of sp³-hybridized carbons (Fsp3) is 0.360. The van der Waals surface area contributed by atoms with Crippen molar-refractivity contribution in [1.29, 1.82) is 0 Å². The maximum absolute atomic E-state index is 13.5. The van der Waals surface area contributed by atoms with Gasteiger partial charge >= 0.3 is 0 Å². The van der Waals surface area contributed by atoms with Gasteiger partial charge in [-0.15, -0.1) is 0 Å². The molecule has 1 atom stereocenters. The first-order chi connectivity index (χ1) is 15.7. The highest BCUT2D eigenvalue weighted by Gasteiger charge is 2.42. The standard InChI is InChI=1S/C25H27ClN4O2/c1-2-17-3-5-19(6-4-17)24-21-22(18-7-9-20(26)10-8-18)27-28-23(21)25(31)30(24)12-11-29-13-15-32-16-14-29/h3-10,24H,2,11-16H2,1H3,(H,27,28). The van der Waals surface area contributed by atoms with Crippen LogP contribution in [0.2, 0.25) is 5.02 Å². The summed E-state index contributed by atoms with van der Waals surface area (Å²) < 4.78 is 5.47. The predicted molar refractivity (Wildman–Crippen MR) is 125 cm³/mol. The Hall–Kier alpha value is -2.67. The third-order valence-corrected chi connectivity index (χ3v) is 6.70. The molecule has 6 nitrogen and oxygen atoms in total. The van der Waals surface area contributed by atoms with Crippen molar-refractivity contribution in [2.45, 2.75) is 19.4 Å². The Bertz CT molecular complexity index is 1090. The third kappa shape index (κ3) is 3.94. The molecule has 1 unspecified atom stereocenters. The highest BCUT2D eigenvalue weighted by Crippen LogP contribution is 2.42. The van der Waals surface area contributed by atoms with Gasteiger partial charge in [-0.1, -0.05) is 54.9 Å². The van der Waals surface area contributed by atoms with E-state index >= 15 is 0 Å². The number of halogens is 1. The van der Waals surface area contributed by atoms with Crippen molar-refractivity contribution in [2.75, 3.05) is 39.4 Å². The van der Waals surface area contributed by atoms with Crippen molar-refractivity contribution >= 4 is 17.5 Å². The fourth-order valence-electron chi connectivity index (χ4n) is 4.61. The van der Waals surface area contributed by atoms with Crippen LogP contribution in [0.4, 0.5) is 0 Å². The minimum Gasteiger partial charge on any atom is -0.379 e. The summed E-state index contributed by atoms with van der Waals surface area (Å²) in [5.74, 6) is 0.00513. The number of benzene rings is 2. The summed E-state index contributed by atoms with van der Waals surface area (Å²) in [6.07, 6.45) is 0.984. The third-order valence-electron chi connectivity index (χ3n) is 6.45. The van der Waals surface area contributed by atoms with Crippen LogP contribution < -0.4 is 0 Å². The Morgan fingerprint density at radius 1 is 1.06 bits per heavy atom. The molecule has 0 radical (unpaired) electrons. The van der Waals surface area contributed by atoms with Gasteiger partial charge in [0.05, 0.1) is 24.9 Å². The number of aryl methyl sites for hydroxylation is 1. The maximum Gasteiger partial charge on any atom is 0.273 e. The number of hydrogen-bond acceptors (Lipinski definition) is 4. The number of morpholine rings is 1. The zero-order chi connectivity index (χ0) is 22.1. The minimum absolute atomic E-state index is 0.00513. The lowest BCUT2D eigenvalue weighted by molar-refractivity contribution is 0.0316. The second-order valence-corrected chi connectivity index (χ2v) is 8.75. The van der Waals surface area contributed by atoms with Gasteiger partial charge in [0, 0.05) is 42.3 Å². The Labute approximate surface area is 193 Å². The molecular weight excluding hydrogens is 424 g/mol. The van der Waals surface area contributed by atoms with E-state index in [0.717, 1.165) is 61.7 Å². The predicted octanol–water partition coefficient (Wildman–Crippen LogP) is 4.17. The van der Waals surface area contributed by atoms with Crippen molar-refractivity contribution in [3.63, 3.8) is 0 Å². The van der Waals surface area contributed by atoms with Crippen LogP contribution >= 0.6 is 11.6 Å². The van der Waals surface area contributed by atoms with Crippen LogP contribution in [0, 0.1) is 0 Å². The molecule has 2 aliphatic heterocycles. The lowest BCUT2D eigenvalue weighted by Crippen LogP contribution is -2.42. The lowest BCUT2D eigenvalue weighted by atomic mass is 9.95. The van der Waals surface area contributed by atoms with Gasteiger partial charge in [0.2, 0.25) is 0 Å². The number of hydrogen-bond donors (Lipinski definition) is 1. The van der Waals surface area contributed by atoms with Crippen LogP contribution in [-0.2, 0) is 11.2 Å². The molecule has 3 heterocycles.